The Bertz CT molecular complexity index is 551. The molecule has 6 nitrogen and oxygen atoms in total. The van der Waals surface area contributed by atoms with E-state index in [0.29, 0.717) is 19.0 Å². The van der Waals surface area contributed by atoms with E-state index in [2.05, 4.69) is 26.9 Å². The van der Waals surface area contributed by atoms with E-state index < -0.39 is 10.0 Å². The molecule has 1 fully saturated rings. The Morgan fingerprint density at radius 2 is 1.81 bits per heavy atom. The zero-order chi connectivity index (χ0) is 15.3. The number of anilines is 1. The van der Waals surface area contributed by atoms with Crippen molar-refractivity contribution in [2.24, 2.45) is 5.41 Å². The van der Waals surface area contributed by atoms with Gasteiger partial charge < -0.3 is 5.32 Å². The molecule has 0 radical (unpaired) electrons. The summed E-state index contributed by atoms with van der Waals surface area (Å²) < 4.78 is 27.3. The predicted molar refractivity (Wildman–Crippen MR) is 82.6 cm³/mol. The second-order valence-electron chi connectivity index (χ2n) is 5.97. The molecular weight excluding hydrogens is 288 g/mol. The Kier molecular flexibility index (Phi) is 5.16. The van der Waals surface area contributed by atoms with Gasteiger partial charge in [0.05, 0.1) is 12.4 Å². The third-order valence-corrected chi connectivity index (χ3v) is 5.38. The van der Waals surface area contributed by atoms with Crippen LogP contribution in [-0.4, -0.2) is 31.5 Å². The number of rotatable bonds is 6. The average Bonchev–Trinajstić information content (AvgIpc) is 2.47. The molecule has 118 valence electrons. The molecule has 0 bridgehead atoms. The first-order valence-corrected chi connectivity index (χ1v) is 8.99. The topological polar surface area (TPSA) is 84.0 Å². The van der Waals surface area contributed by atoms with Crippen molar-refractivity contribution >= 4 is 16.0 Å². The quantitative estimate of drug-likeness (QED) is 0.841. The van der Waals surface area contributed by atoms with Gasteiger partial charge in [0.1, 0.15) is 4.90 Å². The summed E-state index contributed by atoms with van der Waals surface area (Å²) >= 11 is 0. The van der Waals surface area contributed by atoms with E-state index in [1.165, 1.54) is 31.7 Å². The van der Waals surface area contributed by atoms with Crippen molar-refractivity contribution in [3.05, 3.63) is 12.4 Å². The minimum atomic E-state index is -3.53. The second kappa shape index (κ2) is 6.70. The highest BCUT2D eigenvalue weighted by Gasteiger charge is 2.28. The molecule has 0 aromatic carbocycles. The van der Waals surface area contributed by atoms with Crippen molar-refractivity contribution in [3.63, 3.8) is 0 Å². The van der Waals surface area contributed by atoms with Gasteiger partial charge >= 0.3 is 0 Å². The molecular formula is C14H24N4O2S. The highest BCUT2D eigenvalue weighted by molar-refractivity contribution is 7.89. The van der Waals surface area contributed by atoms with Gasteiger partial charge in [0.25, 0.3) is 0 Å². The van der Waals surface area contributed by atoms with Gasteiger partial charge in [-0.3, -0.25) is 0 Å². The SMILES string of the molecule is CCNc1ncc(S(=O)(=O)NCC2(C)CCCCC2)cn1. The number of nitrogens with one attached hydrogen (secondary N) is 2. The summed E-state index contributed by atoms with van der Waals surface area (Å²) in [6.07, 6.45) is 8.45. The number of sulfonamides is 1. The maximum absolute atomic E-state index is 12.3. The van der Waals surface area contributed by atoms with Crippen molar-refractivity contribution in [2.45, 2.75) is 50.8 Å². The lowest BCUT2D eigenvalue weighted by molar-refractivity contribution is 0.219. The molecule has 7 heteroatoms. The van der Waals surface area contributed by atoms with Crippen LogP contribution in [0.1, 0.15) is 46.0 Å². The fourth-order valence-electron chi connectivity index (χ4n) is 2.64. The highest BCUT2D eigenvalue weighted by Crippen LogP contribution is 2.35. The molecule has 1 aliphatic rings. The van der Waals surface area contributed by atoms with Crippen LogP contribution in [0.4, 0.5) is 5.95 Å². The van der Waals surface area contributed by atoms with Gasteiger partial charge in [0.15, 0.2) is 0 Å². The van der Waals surface area contributed by atoms with Gasteiger partial charge in [-0.05, 0) is 25.2 Å². The Balaban J connectivity index is 2.00. The van der Waals surface area contributed by atoms with Crippen LogP contribution < -0.4 is 10.0 Å². The van der Waals surface area contributed by atoms with Gasteiger partial charge in [-0.1, -0.05) is 26.2 Å². The largest absolute Gasteiger partial charge is 0.355 e. The van der Waals surface area contributed by atoms with Gasteiger partial charge in [0, 0.05) is 13.1 Å². The Morgan fingerprint density at radius 1 is 1.19 bits per heavy atom. The molecule has 1 aromatic rings. The number of hydrogen-bond acceptors (Lipinski definition) is 5. The van der Waals surface area contributed by atoms with Crippen LogP contribution in [-0.2, 0) is 10.0 Å². The van der Waals surface area contributed by atoms with Gasteiger partial charge in [-0.25, -0.2) is 23.1 Å². The Morgan fingerprint density at radius 3 is 2.38 bits per heavy atom. The van der Waals surface area contributed by atoms with Crippen molar-refractivity contribution in [2.75, 3.05) is 18.4 Å². The molecule has 0 amide bonds. The average molecular weight is 312 g/mol. The third-order valence-electron chi connectivity index (χ3n) is 4.02. The molecule has 0 spiro atoms. The summed E-state index contributed by atoms with van der Waals surface area (Å²) in [7, 11) is -3.53. The molecule has 0 saturated heterocycles. The summed E-state index contributed by atoms with van der Waals surface area (Å²) in [6, 6.07) is 0. The van der Waals surface area contributed by atoms with Crippen LogP contribution in [0.2, 0.25) is 0 Å². The first kappa shape index (κ1) is 16.2. The van der Waals surface area contributed by atoms with Crippen LogP contribution in [0.5, 0.6) is 0 Å². The number of nitrogens with zero attached hydrogens (tertiary/aromatic N) is 2. The molecule has 2 N–H and O–H groups in total. The minimum Gasteiger partial charge on any atom is -0.355 e. The van der Waals surface area contributed by atoms with Crippen molar-refractivity contribution in [1.82, 2.24) is 14.7 Å². The fraction of sp³-hybridized carbons (Fsp3) is 0.714. The lowest BCUT2D eigenvalue weighted by Gasteiger charge is -2.33. The van der Waals surface area contributed by atoms with E-state index in [-0.39, 0.29) is 10.3 Å². The molecule has 0 atom stereocenters. The zero-order valence-corrected chi connectivity index (χ0v) is 13.5. The molecule has 1 aromatic heterocycles. The van der Waals surface area contributed by atoms with Gasteiger partial charge in [-0.2, -0.15) is 0 Å². The summed E-state index contributed by atoms with van der Waals surface area (Å²) in [4.78, 5) is 8.13. The molecule has 1 saturated carbocycles. The van der Waals surface area contributed by atoms with Crippen molar-refractivity contribution in [3.8, 4) is 0 Å². The van der Waals surface area contributed by atoms with Crippen LogP contribution in [0.25, 0.3) is 0 Å². The fourth-order valence-corrected chi connectivity index (χ4v) is 3.73. The molecule has 21 heavy (non-hydrogen) atoms. The second-order valence-corrected chi connectivity index (χ2v) is 7.74. The van der Waals surface area contributed by atoms with Crippen molar-refractivity contribution in [1.29, 1.82) is 0 Å². The van der Waals surface area contributed by atoms with E-state index in [1.54, 1.807) is 0 Å². The molecule has 0 unspecified atom stereocenters. The monoisotopic (exact) mass is 312 g/mol. The zero-order valence-electron chi connectivity index (χ0n) is 12.7. The minimum absolute atomic E-state index is 0.0654. The summed E-state index contributed by atoms with van der Waals surface area (Å²) in [6.45, 7) is 5.26. The molecule has 0 aliphatic heterocycles. The Labute approximate surface area is 126 Å². The van der Waals surface area contributed by atoms with Gasteiger partial charge in [0.2, 0.25) is 16.0 Å². The maximum Gasteiger partial charge on any atom is 0.243 e. The van der Waals surface area contributed by atoms with E-state index in [0.717, 1.165) is 12.8 Å². The van der Waals surface area contributed by atoms with Crippen LogP contribution in [0, 0.1) is 5.41 Å². The van der Waals surface area contributed by atoms with E-state index in [9.17, 15) is 8.42 Å². The third kappa shape index (κ3) is 4.38. The highest BCUT2D eigenvalue weighted by atomic mass is 32.2. The lowest BCUT2D eigenvalue weighted by atomic mass is 9.76. The van der Waals surface area contributed by atoms with Crippen LogP contribution in [0.15, 0.2) is 17.3 Å². The van der Waals surface area contributed by atoms with Gasteiger partial charge in [-0.15, -0.1) is 0 Å². The summed E-state index contributed by atoms with van der Waals surface area (Å²) in [5.74, 6) is 0.440. The van der Waals surface area contributed by atoms with Crippen LogP contribution in [0.3, 0.4) is 0 Å². The smallest absolute Gasteiger partial charge is 0.243 e. The predicted octanol–water partition coefficient (Wildman–Crippen LogP) is 2.16. The summed E-state index contributed by atoms with van der Waals surface area (Å²) in [5, 5.41) is 2.94. The summed E-state index contributed by atoms with van der Waals surface area (Å²) in [5.41, 5.74) is 0.0654. The first-order valence-electron chi connectivity index (χ1n) is 7.51. The first-order chi connectivity index (χ1) is 9.95. The maximum atomic E-state index is 12.3. The molecule has 1 heterocycles. The van der Waals surface area contributed by atoms with E-state index >= 15 is 0 Å². The number of hydrogen-bond donors (Lipinski definition) is 2. The normalized spacial score (nSPS) is 18.4. The van der Waals surface area contributed by atoms with Crippen LogP contribution >= 0.6 is 0 Å². The number of aromatic nitrogens is 2. The van der Waals surface area contributed by atoms with Crippen molar-refractivity contribution < 1.29 is 8.42 Å². The van der Waals surface area contributed by atoms with E-state index in [1.807, 2.05) is 6.92 Å². The van der Waals surface area contributed by atoms with E-state index in [4.69, 9.17) is 0 Å². The Hall–Kier alpha value is -1.21. The molecule has 2 rings (SSSR count). The standard InChI is InChI=1S/C14H24N4O2S/c1-3-15-13-16-9-12(10-17-13)21(19,20)18-11-14(2)7-5-4-6-8-14/h9-10,18H,3-8,11H2,1-2H3,(H,15,16,17). The lowest BCUT2D eigenvalue weighted by Crippen LogP contribution is -2.37. The molecule has 1 aliphatic carbocycles.